The number of hydrogen-bond donors (Lipinski definition) is 0. The lowest BCUT2D eigenvalue weighted by molar-refractivity contribution is 0.263. The van der Waals surface area contributed by atoms with E-state index in [1.54, 1.807) is 11.1 Å². The van der Waals surface area contributed by atoms with E-state index in [4.69, 9.17) is 0 Å². The highest BCUT2D eigenvalue weighted by atomic mass is 79.9. The summed E-state index contributed by atoms with van der Waals surface area (Å²) < 4.78 is 2.44. The fraction of sp³-hybridized carbons (Fsp3) is 0.613. The van der Waals surface area contributed by atoms with E-state index < -0.39 is 0 Å². The zero-order valence-corrected chi connectivity index (χ0v) is 24.4. The summed E-state index contributed by atoms with van der Waals surface area (Å²) in [4.78, 5) is 0. The Kier molecular flexibility index (Phi) is 11.0. The van der Waals surface area contributed by atoms with Gasteiger partial charge >= 0.3 is 0 Å². The van der Waals surface area contributed by atoms with Gasteiger partial charge in [0.1, 0.15) is 0 Å². The molecule has 0 aromatic heterocycles. The highest BCUT2D eigenvalue weighted by Gasteiger charge is 2.47. The molecule has 0 nitrogen and oxygen atoms in total. The van der Waals surface area contributed by atoms with E-state index in [2.05, 4.69) is 89.0 Å². The second kappa shape index (κ2) is 13.5. The maximum absolute atomic E-state index is 3.83. The van der Waals surface area contributed by atoms with Gasteiger partial charge in [0.2, 0.25) is 0 Å². The molecule has 0 heterocycles. The Bertz CT molecular complexity index is 818. The van der Waals surface area contributed by atoms with E-state index in [1.807, 2.05) is 0 Å². The normalized spacial score (nSPS) is 14.8. The van der Waals surface area contributed by atoms with Gasteiger partial charge in [0, 0.05) is 14.4 Å². The van der Waals surface area contributed by atoms with Crippen molar-refractivity contribution in [2.75, 3.05) is 0 Å². The summed E-state index contributed by atoms with van der Waals surface area (Å²) >= 11 is 7.66. The van der Waals surface area contributed by atoms with Gasteiger partial charge < -0.3 is 0 Å². The maximum Gasteiger partial charge on any atom is 0.0244 e. The molecule has 1 aliphatic carbocycles. The van der Waals surface area contributed by atoms with Crippen LogP contribution in [-0.2, 0) is 5.41 Å². The maximum atomic E-state index is 3.83. The van der Waals surface area contributed by atoms with Gasteiger partial charge in [-0.1, -0.05) is 142 Å². The minimum Gasteiger partial charge on any atom is -0.0654 e. The Hall–Kier alpha value is -0.600. The predicted molar refractivity (Wildman–Crippen MR) is 153 cm³/mol. The molecule has 1 aliphatic rings. The second-order valence-electron chi connectivity index (χ2n) is 10.2. The van der Waals surface area contributed by atoms with Crippen LogP contribution in [0.2, 0.25) is 0 Å². The van der Waals surface area contributed by atoms with E-state index in [-0.39, 0.29) is 5.41 Å². The van der Waals surface area contributed by atoms with Crippen molar-refractivity contribution < 1.29 is 0 Å². The molecule has 0 bridgehead atoms. The van der Waals surface area contributed by atoms with E-state index in [0.717, 1.165) is 0 Å². The van der Waals surface area contributed by atoms with Crippen LogP contribution < -0.4 is 0 Å². The summed E-state index contributed by atoms with van der Waals surface area (Å²) in [6.45, 7) is 7.06. The lowest BCUT2D eigenvalue weighted by Crippen LogP contribution is -2.35. The molecule has 2 aromatic carbocycles. The monoisotopic (exact) mass is 574 g/mol. The average molecular weight is 577 g/mol. The molecular weight excluding hydrogens is 532 g/mol. The van der Waals surface area contributed by atoms with Gasteiger partial charge in [-0.05, 0) is 65.3 Å². The van der Waals surface area contributed by atoms with Crippen molar-refractivity contribution in [3.63, 3.8) is 0 Å². The first kappa shape index (κ1) is 27.0. The quantitative estimate of drug-likeness (QED) is 0.185. The Labute approximate surface area is 220 Å². The first-order chi connectivity index (χ1) is 16.1. The summed E-state index contributed by atoms with van der Waals surface area (Å²) in [6.07, 6.45) is 18.9. The lowest BCUT2D eigenvalue weighted by atomic mass is 9.63. The van der Waals surface area contributed by atoms with Crippen LogP contribution in [0.25, 0.3) is 11.1 Å². The van der Waals surface area contributed by atoms with E-state index >= 15 is 0 Å². The Morgan fingerprint density at radius 2 is 1.12 bits per heavy atom. The number of halogens is 2. The van der Waals surface area contributed by atoms with E-state index in [1.165, 1.54) is 110 Å². The molecule has 1 unspecified atom stereocenters. The van der Waals surface area contributed by atoms with E-state index in [0.29, 0.717) is 5.92 Å². The number of fused-ring (bicyclic) bond motifs is 3. The first-order valence-electron chi connectivity index (χ1n) is 13.7. The van der Waals surface area contributed by atoms with Crippen LogP contribution in [0.15, 0.2) is 45.3 Å². The molecule has 2 heteroatoms. The summed E-state index contributed by atoms with van der Waals surface area (Å²) in [7, 11) is 0. The zero-order chi connectivity index (χ0) is 23.7. The lowest BCUT2D eigenvalue weighted by Gasteiger charge is -2.40. The van der Waals surface area contributed by atoms with Crippen LogP contribution in [0.3, 0.4) is 0 Å². The molecular formula is C31H44Br2. The zero-order valence-electron chi connectivity index (χ0n) is 21.2. The highest BCUT2D eigenvalue weighted by Crippen LogP contribution is 2.58. The van der Waals surface area contributed by atoms with Gasteiger partial charge in [0.05, 0.1) is 0 Å². The first-order valence-corrected chi connectivity index (χ1v) is 15.3. The molecule has 3 rings (SSSR count). The molecule has 182 valence electrons. The number of benzene rings is 2. The van der Waals surface area contributed by atoms with Crippen molar-refractivity contribution in [1.29, 1.82) is 0 Å². The Balaban J connectivity index is 1.97. The van der Waals surface area contributed by atoms with Gasteiger partial charge in [0.15, 0.2) is 0 Å². The third kappa shape index (κ3) is 6.35. The van der Waals surface area contributed by atoms with Crippen molar-refractivity contribution in [1.82, 2.24) is 0 Å². The van der Waals surface area contributed by atoms with Crippen LogP contribution >= 0.6 is 31.9 Å². The molecule has 1 atom stereocenters. The Morgan fingerprint density at radius 3 is 1.64 bits per heavy atom. The van der Waals surface area contributed by atoms with Crippen LogP contribution in [0.1, 0.15) is 122 Å². The van der Waals surface area contributed by atoms with Crippen molar-refractivity contribution in [3.05, 3.63) is 56.5 Å². The standard InChI is InChI=1S/C31H44Br2/c1-4-7-9-11-13-15-21-31(24(6-3)16-14-12-10-8-5-2)29-22-25(32)17-19-27(29)28-20-18-26(33)23-30(28)31/h17-20,22-24H,4-16,21H2,1-3H3. The summed E-state index contributed by atoms with van der Waals surface area (Å²) in [5, 5.41) is 0. The number of unbranched alkanes of at least 4 members (excludes halogenated alkanes) is 9. The molecule has 0 amide bonds. The van der Waals surface area contributed by atoms with Crippen LogP contribution in [0.4, 0.5) is 0 Å². The minimum atomic E-state index is 0.141. The van der Waals surface area contributed by atoms with Gasteiger partial charge in [-0.15, -0.1) is 0 Å². The third-order valence-electron chi connectivity index (χ3n) is 7.99. The number of rotatable bonds is 15. The van der Waals surface area contributed by atoms with Crippen molar-refractivity contribution >= 4 is 31.9 Å². The molecule has 0 fully saturated rings. The summed E-state index contributed by atoms with van der Waals surface area (Å²) in [5.74, 6) is 0.693. The third-order valence-corrected chi connectivity index (χ3v) is 8.97. The average Bonchev–Trinajstić information content (AvgIpc) is 3.07. The van der Waals surface area contributed by atoms with Gasteiger partial charge in [-0.2, -0.15) is 0 Å². The van der Waals surface area contributed by atoms with Gasteiger partial charge in [-0.3, -0.25) is 0 Å². The fourth-order valence-electron chi connectivity index (χ4n) is 6.28. The molecule has 0 radical (unpaired) electrons. The van der Waals surface area contributed by atoms with Crippen molar-refractivity contribution in [2.45, 2.75) is 116 Å². The molecule has 2 aromatic rings. The van der Waals surface area contributed by atoms with Crippen molar-refractivity contribution in [2.24, 2.45) is 5.92 Å². The fourth-order valence-corrected chi connectivity index (χ4v) is 7.00. The highest BCUT2D eigenvalue weighted by molar-refractivity contribution is 9.10. The smallest absolute Gasteiger partial charge is 0.0244 e. The van der Waals surface area contributed by atoms with Crippen molar-refractivity contribution in [3.8, 4) is 11.1 Å². The summed E-state index contributed by atoms with van der Waals surface area (Å²) in [5.41, 5.74) is 6.24. The van der Waals surface area contributed by atoms with Gasteiger partial charge in [0.25, 0.3) is 0 Å². The minimum absolute atomic E-state index is 0.141. The largest absolute Gasteiger partial charge is 0.0654 e. The molecule has 0 spiro atoms. The molecule has 0 saturated heterocycles. The Morgan fingerprint density at radius 1 is 0.636 bits per heavy atom. The van der Waals surface area contributed by atoms with Crippen LogP contribution in [-0.4, -0.2) is 0 Å². The molecule has 0 aliphatic heterocycles. The second-order valence-corrected chi connectivity index (χ2v) is 12.0. The van der Waals surface area contributed by atoms with E-state index in [9.17, 15) is 0 Å². The summed E-state index contributed by atoms with van der Waals surface area (Å²) in [6, 6.07) is 14.1. The van der Waals surface area contributed by atoms with Gasteiger partial charge in [-0.25, -0.2) is 0 Å². The van der Waals surface area contributed by atoms with Crippen LogP contribution in [0, 0.1) is 5.92 Å². The molecule has 33 heavy (non-hydrogen) atoms. The molecule has 0 saturated carbocycles. The predicted octanol–water partition coefficient (Wildman–Crippen LogP) is 11.6. The number of hydrogen-bond acceptors (Lipinski definition) is 0. The van der Waals surface area contributed by atoms with Crippen LogP contribution in [0.5, 0.6) is 0 Å². The SMILES string of the molecule is CCCCCCCCC1(C(CC)CCCCCCC)c2cc(Br)ccc2-c2ccc(Br)cc21. The molecule has 0 N–H and O–H groups in total. The topological polar surface area (TPSA) is 0 Å².